The summed E-state index contributed by atoms with van der Waals surface area (Å²) < 4.78 is 0. The molecule has 0 bridgehead atoms. The van der Waals surface area contributed by atoms with Crippen molar-refractivity contribution in [2.75, 3.05) is 6.54 Å². The van der Waals surface area contributed by atoms with E-state index in [-0.39, 0.29) is 5.54 Å². The third kappa shape index (κ3) is 3.68. The molecule has 0 fully saturated rings. The van der Waals surface area contributed by atoms with Crippen LogP contribution in [0.3, 0.4) is 0 Å². The largest absolute Gasteiger partial charge is 0.296 e. The minimum Gasteiger partial charge on any atom is -0.296 e. The fourth-order valence-electron chi connectivity index (χ4n) is 1.80. The zero-order valence-electron chi connectivity index (χ0n) is 10.7. The molecule has 1 atom stereocenters. The van der Waals surface area contributed by atoms with E-state index < -0.39 is 0 Å². The zero-order chi connectivity index (χ0) is 10.9. The minimum absolute atomic E-state index is 0.279. The molecule has 0 amide bonds. The summed E-state index contributed by atoms with van der Waals surface area (Å²) in [7, 11) is 0. The minimum atomic E-state index is 0.279. The Labute approximate surface area is 84.5 Å². The normalized spacial score (nSPS) is 16.4. The van der Waals surface area contributed by atoms with Gasteiger partial charge >= 0.3 is 0 Å². The third-order valence-corrected chi connectivity index (χ3v) is 2.92. The van der Waals surface area contributed by atoms with Crippen molar-refractivity contribution in [1.82, 2.24) is 4.90 Å². The Morgan fingerprint density at radius 3 is 1.46 bits per heavy atom. The first-order valence-electron chi connectivity index (χ1n) is 5.37. The Balaban J connectivity index is 4.61. The van der Waals surface area contributed by atoms with Crippen LogP contribution in [0.2, 0.25) is 0 Å². The molecule has 0 saturated heterocycles. The molecular formula is C12H27N. The average Bonchev–Trinajstić information content (AvgIpc) is 1.83. The molecule has 0 spiro atoms. The molecule has 0 aliphatic rings. The van der Waals surface area contributed by atoms with Crippen LogP contribution in [0.15, 0.2) is 0 Å². The molecule has 1 nitrogen and oxygen atoms in total. The number of hydrogen-bond acceptors (Lipinski definition) is 1. The van der Waals surface area contributed by atoms with Gasteiger partial charge in [-0.3, -0.25) is 4.90 Å². The summed E-state index contributed by atoms with van der Waals surface area (Å²) >= 11 is 0. The molecule has 0 radical (unpaired) electrons. The highest BCUT2D eigenvalue weighted by Crippen LogP contribution is 2.28. The molecule has 80 valence electrons. The molecule has 0 heterocycles. The second-order valence-electron chi connectivity index (χ2n) is 6.00. The average molecular weight is 185 g/mol. The highest BCUT2D eigenvalue weighted by atomic mass is 15.2. The van der Waals surface area contributed by atoms with Gasteiger partial charge in [-0.2, -0.15) is 0 Å². The number of rotatable bonds is 2. The first kappa shape index (κ1) is 13.0. The van der Waals surface area contributed by atoms with E-state index in [0.29, 0.717) is 11.5 Å². The Morgan fingerprint density at radius 1 is 1.00 bits per heavy atom. The third-order valence-electron chi connectivity index (χ3n) is 2.92. The van der Waals surface area contributed by atoms with E-state index in [1.54, 1.807) is 0 Å². The van der Waals surface area contributed by atoms with Crippen molar-refractivity contribution in [3.05, 3.63) is 0 Å². The van der Waals surface area contributed by atoms with Crippen LogP contribution >= 0.6 is 0 Å². The van der Waals surface area contributed by atoms with Gasteiger partial charge in [0.25, 0.3) is 0 Å². The van der Waals surface area contributed by atoms with Gasteiger partial charge in [-0.05, 0) is 39.7 Å². The van der Waals surface area contributed by atoms with Crippen molar-refractivity contribution in [3.8, 4) is 0 Å². The van der Waals surface area contributed by atoms with E-state index in [4.69, 9.17) is 0 Å². The van der Waals surface area contributed by atoms with Crippen LogP contribution < -0.4 is 0 Å². The number of hydrogen-bond donors (Lipinski definition) is 0. The topological polar surface area (TPSA) is 3.24 Å². The lowest BCUT2D eigenvalue weighted by molar-refractivity contribution is 0.0378. The smallest absolute Gasteiger partial charge is 0.0127 e. The Morgan fingerprint density at radius 2 is 1.38 bits per heavy atom. The maximum Gasteiger partial charge on any atom is 0.0127 e. The molecule has 0 rings (SSSR count). The summed E-state index contributed by atoms with van der Waals surface area (Å²) in [5.74, 6) is 0. The van der Waals surface area contributed by atoms with Crippen LogP contribution in [-0.2, 0) is 0 Å². The summed E-state index contributed by atoms with van der Waals surface area (Å²) in [5.41, 5.74) is 0.644. The van der Waals surface area contributed by atoms with Gasteiger partial charge in [-0.1, -0.05) is 27.7 Å². The molecule has 0 aliphatic heterocycles. The van der Waals surface area contributed by atoms with E-state index >= 15 is 0 Å². The van der Waals surface area contributed by atoms with Crippen molar-refractivity contribution in [3.63, 3.8) is 0 Å². The van der Waals surface area contributed by atoms with Crippen molar-refractivity contribution < 1.29 is 0 Å². The van der Waals surface area contributed by atoms with Gasteiger partial charge in [0, 0.05) is 11.6 Å². The van der Waals surface area contributed by atoms with Gasteiger partial charge < -0.3 is 0 Å². The van der Waals surface area contributed by atoms with Crippen molar-refractivity contribution in [2.45, 2.75) is 67.0 Å². The molecule has 1 heteroatoms. The highest BCUT2D eigenvalue weighted by molar-refractivity contribution is 4.86. The van der Waals surface area contributed by atoms with Gasteiger partial charge in [0.05, 0.1) is 0 Å². The lowest BCUT2D eigenvalue weighted by Gasteiger charge is -2.45. The van der Waals surface area contributed by atoms with Crippen LogP contribution in [-0.4, -0.2) is 23.0 Å². The Hall–Kier alpha value is -0.0400. The van der Waals surface area contributed by atoms with E-state index in [2.05, 4.69) is 60.3 Å². The second-order valence-corrected chi connectivity index (χ2v) is 6.00. The molecule has 13 heavy (non-hydrogen) atoms. The molecular weight excluding hydrogens is 158 g/mol. The highest BCUT2D eigenvalue weighted by Gasteiger charge is 2.31. The van der Waals surface area contributed by atoms with E-state index in [9.17, 15) is 0 Å². The SMILES string of the molecule is CCN(C(C)C(C)(C)C)C(C)(C)C. The molecule has 1 unspecified atom stereocenters. The van der Waals surface area contributed by atoms with Crippen LogP contribution in [0, 0.1) is 5.41 Å². The maximum atomic E-state index is 2.56. The Bertz CT molecular complexity index is 147. The summed E-state index contributed by atoms with van der Waals surface area (Å²) in [6.45, 7) is 19.5. The molecule has 0 aromatic rings. The quantitative estimate of drug-likeness (QED) is 0.636. The molecule has 0 aromatic heterocycles. The summed E-state index contributed by atoms with van der Waals surface area (Å²) in [4.78, 5) is 2.56. The van der Waals surface area contributed by atoms with E-state index in [1.807, 2.05) is 0 Å². The molecule has 0 aromatic carbocycles. The van der Waals surface area contributed by atoms with Crippen LogP contribution in [0.25, 0.3) is 0 Å². The maximum absolute atomic E-state index is 2.56. The van der Waals surface area contributed by atoms with Gasteiger partial charge in [-0.25, -0.2) is 0 Å². The van der Waals surface area contributed by atoms with Crippen molar-refractivity contribution in [2.24, 2.45) is 5.41 Å². The predicted octanol–water partition coefficient (Wildman–Crippen LogP) is 3.54. The summed E-state index contributed by atoms with van der Waals surface area (Å²) in [5, 5.41) is 0. The van der Waals surface area contributed by atoms with Gasteiger partial charge in [0.2, 0.25) is 0 Å². The molecule has 0 saturated carbocycles. The van der Waals surface area contributed by atoms with Crippen molar-refractivity contribution in [1.29, 1.82) is 0 Å². The Kier molecular flexibility index (Phi) is 3.98. The summed E-state index contributed by atoms with van der Waals surface area (Å²) in [6, 6.07) is 0.623. The van der Waals surface area contributed by atoms with Crippen LogP contribution in [0.4, 0.5) is 0 Å². The van der Waals surface area contributed by atoms with Crippen molar-refractivity contribution >= 4 is 0 Å². The molecule has 0 aliphatic carbocycles. The lowest BCUT2D eigenvalue weighted by atomic mass is 9.84. The number of nitrogens with zero attached hydrogens (tertiary/aromatic N) is 1. The second kappa shape index (κ2) is 4.00. The van der Waals surface area contributed by atoms with Gasteiger partial charge in [-0.15, -0.1) is 0 Å². The lowest BCUT2D eigenvalue weighted by Crippen LogP contribution is -2.51. The van der Waals surface area contributed by atoms with Crippen LogP contribution in [0.1, 0.15) is 55.4 Å². The fraction of sp³-hybridized carbons (Fsp3) is 1.00. The van der Waals surface area contributed by atoms with Gasteiger partial charge in [0.15, 0.2) is 0 Å². The fourth-order valence-corrected chi connectivity index (χ4v) is 1.80. The first-order chi connectivity index (χ1) is 5.60. The van der Waals surface area contributed by atoms with Gasteiger partial charge in [0.1, 0.15) is 0 Å². The van der Waals surface area contributed by atoms with E-state index in [1.165, 1.54) is 0 Å². The predicted molar refractivity (Wildman–Crippen MR) is 61.1 cm³/mol. The molecule has 0 N–H and O–H groups in total. The summed E-state index contributed by atoms with van der Waals surface area (Å²) in [6.07, 6.45) is 0. The van der Waals surface area contributed by atoms with E-state index in [0.717, 1.165) is 6.54 Å². The van der Waals surface area contributed by atoms with Crippen LogP contribution in [0.5, 0.6) is 0 Å². The monoisotopic (exact) mass is 185 g/mol. The first-order valence-corrected chi connectivity index (χ1v) is 5.37. The zero-order valence-corrected chi connectivity index (χ0v) is 10.7. The standard InChI is InChI=1S/C12H27N/c1-9-13(12(6,7)8)10(2)11(3,4)5/h10H,9H2,1-8H3.